The van der Waals surface area contributed by atoms with Crippen molar-refractivity contribution >= 4 is 46.4 Å². The fourth-order valence-electron chi connectivity index (χ4n) is 2.28. The van der Waals surface area contributed by atoms with Crippen molar-refractivity contribution in [2.75, 3.05) is 7.05 Å². The van der Waals surface area contributed by atoms with Crippen LogP contribution in [0.5, 0.6) is 0 Å². The van der Waals surface area contributed by atoms with Crippen LogP contribution in [0.15, 0.2) is 44.4 Å². The molecule has 0 unspecified atom stereocenters. The van der Waals surface area contributed by atoms with Gasteiger partial charge in [-0.15, -0.1) is 0 Å². The summed E-state index contributed by atoms with van der Waals surface area (Å²) in [6.07, 6.45) is 2.63. The molecular formula is C16H12ClN3O4. The largest absolute Gasteiger partial charge is 0.463 e. The lowest BCUT2D eigenvalue weighted by Crippen LogP contribution is -2.37. The molecule has 0 spiro atoms. The van der Waals surface area contributed by atoms with Crippen molar-refractivity contribution in [1.82, 2.24) is 10.2 Å². The molecule has 0 saturated heterocycles. The molecule has 7 nitrogen and oxygen atoms in total. The SMILES string of the molecule is CC(=O)NC1=NC(=O)C(=Cc2coc3ccc(Cl)cc3c2=O)N1C. The molecule has 3 rings (SSSR count). The smallest absolute Gasteiger partial charge is 0.296 e. The predicted molar refractivity (Wildman–Crippen MR) is 89.5 cm³/mol. The maximum absolute atomic E-state index is 12.5. The number of nitrogens with one attached hydrogen (secondary N) is 1. The first-order valence-corrected chi connectivity index (χ1v) is 7.31. The minimum atomic E-state index is -0.563. The minimum absolute atomic E-state index is 0.104. The Labute approximate surface area is 141 Å². The Morgan fingerprint density at radius 1 is 1.38 bits per heavy atom. The number of rotatable bonds is 1. The summed E-state index contributed by atoms with van der Waals surface area (Å²) in [6, 6.07) is 4.72. The van der Waals surface area contributed by atoms with Crippen molar-refractivity contribution in [3.8, 4) is 0 Å². The molecule has 0 saturated carbocycles. The van der Waals surface area contributed by atoms with Crippen LogP contribution in [0.3, 0.4) is 0 Å². The van der Waals surface area contributed by atoms with E-state index in [1.807, 2.05) is 0 Å². The summed E-state index contributed by atoms with van der Waals surface area (Å²) in [5, 5.41) is 3.17. The summed E-state index contributed by atoms with van der Waals surface area (Å²) < 4.78 is 5.41. The van der Waals surface area contributed by atoms with Gasteiger partial charge in [0, 0.05) is 19.0 Å². The fraction of sp³-hybridized carbons (Fsp3) is 0.125. The predicted octanol–water partition coefficient (Wildman–Crippen LogP) is 1.75. The second-order valence-electron chi connectivity index (χ2n) is 5.17. The summed E-state index contributed by atoms with van der Waals surface area (Å²) in [6.45, 7) is 1.31. The molecule has 1 aromatic carbocycles. The molecule has 8 heteroatoms. The third-order valence-electron chi connectivity index (χ3n) is 3.45. The van der Waals surface area contributed by atoms with Crippen LogP contribution >= 0.6 is 11.6 Å². The molecule has 1 aliphatic heterocycles. The molecule has 0 bridgehead atoms. The van der Waals surface area contributed by atoms with Gasteiger partial charge in [0.2, 0.25) is 11.9 Å². The molecule has 122 valence electrons. The summed E-state index contributed by atoms with van der Waals surface area (Å²) in [7, 11) is 1.56. The third-order valence-corrected chi connectivity index (χ3v) is 3.68. The molecule has 1 aromatic heterocycles. The number of halogens is 1. The van der Waals surface area contributed by atoms with Crippen molar-refractivity contribution in [3.63, 3.8) is 0 Å². The quantitative estimate of drug-likeness (QED) is 0.795. The topological polar surface area (TPSA) is 92.0 Å². The van der Waals surface area contributed by atoms with Gasteiger partial charge in [-0.3, -0.25) is 19.7 Å². The molecule has 1 N–H and O–H groups in total. The molecule has 24 heavy (non-hydrogen) atoms. The first-order chi connectivity index (χ1) is 11.4. The second kappa shape index (κ2) is 5.93. The van der Waals surface area contributed by atoms with Gasteiger partial charge in [0.25, 0.3) is 5.91 Å². The number of likely N-dealkylation sites (N-methyl/N-ethyl adjacent to an activating group) is 1. The van der Waals surface area contributed by atoms with Crippen LogP contribution in [-0.2, 0) is 9.59 Å². The third kappa shape index (κ3) is 2.81. The Morgan fingerprint density at radius 2 is 2.12 bits per heavy atom. The number of hydrogen-bond donors (Lipinski definition) is 1. The Bertz CT molecular complexity index is 990. The lowest BCUT2D eigenvalue weighted by molar-refractivity contribution is -0.117. The highest BCUT2D eigenvalue weighted by molar-refractivity contribution is 6.31. The zero-order valence-corrected chi connectivity index (χ0v) is 13.5. The van der Waals surface area contributed by atoms with Crippen LogP contribution in [0.25, 0.3) is 17.0 Å². The van der Waals surface area contributed by atoms with E-state index in [-0.39, 0.29) is 28.6 Å². The van der Waals surface area contributed by atoms with Crippen LogP contribution in [0, 0.1) is 0 Å². The average molecular weight is 346 g/mol. The fourth-order valence-corrected chi connectivity index (χ4v) is 2.45. The lowest BCUT2D eigenvalue weighted by Gasteiger charge is -2.14. The average Bonchev–Trinajstić information content (AvgIpc) is 2.77. The Balaban J connectivity index is 2.05. The number of fused-ring (bicyclic) bond motifs is 1. The monoisotopic (exact) mass is 345 g/mol. The van der Waals surface area contributed by atoms with Crippen LogP contribution in [0.1, 0.15) is 12.5 Å². The Kier molecular flexibility index (Phi) is 3.94. The van der Waals surface area contributed by atoms with Crippen molar-refractivity contribution in [2.45, 2.75) is 6.92 Å². The molecule has 0 radical (unpaired) electrons. The number of guanidine groups is 1. The normalized spacial score (nSPS) is 16.0. The van der Waals surface area contributed by atoms with E-state index < -0.39 is 5.91 Å². The number of carbonyl (C=O) groups is 2. The van der Waals surface area contributed by atoms with Crippen LogP contribution in [0.2, 0.25) is 5.02 Å². The van der Waals surface area contributed by atoms with E-state index in [0.717, 1.165) is 0 Å². The summed E-state index contributed by atoms with van der Waals surface area (Å²) >= 11 is 5.91. The highest BCUT2D eigenvalue weighted by Gasteiger charge is 2.27. The molecular weight excluding hydrogens is 334 g/mol. The minimum Gasteiger partial charge on any atom is -0.463 e. The number of benzene rings is 1. The first-order valence-electron chi connectivity index (χ1n) is 6.94. The Morgan fingerprint density at radius 3 is 2.83 bits per heavy atom. The number of carbonyl (C=O) groups excluding carboxylic acids is 2. The van der Waals surface area contributed by atoms with Crippen molar-refractivity contribution in [2.24, 2.45) is 4.99 Å². The highest BCUT2D eigenvalue weighted by atomic mass is 35.5. The zero-order chi connectivity index (χ0) is 17.4. The van der Waals surface area contributed by atoms with Gasteiger partial charge in [-0.25, -0.2) is 0 Å². The zero-order valence-electron chi connectivity index (χ0n) is 12.8. The molecule has 1 aliphatic rings. The second-order valence-corrected chi connectivity index (χ2v) is 5.61. The molecule has 0 atom stereocenters. The molecule has 2 heterocycles. The standard InChI is InChI=1S/C16H12ClN3O4/c1-8(21)18-16-19-15(23)12(20(16)2)5-9-7-24-13-4-3-10(17)6-11(13)14(9)22/h3-7H,1-2H3,(H,18,19,21,23). The number of hydrogen-bond acceptors (Lipinski definition) is 5. The van der Waals surface area contributed by atoms with Gasteiger partial charge in [0.05, 0.1) is 10.9 Å². The lowest BCUT2D eigenvalue weighted by atomic mass is 10.1. The summed E-state index contributed by atoms with van der Waals surface area (Å²) in [4.78, 5) is 40.8. The van der Waals surface area contributed by atoms with Gasteiger partial charge in [-0.05, 0) is 24.3 Å². The van der Waals surface area contributed by atoms with Crippen molar-refractivity contribution < 1.29 is 14.0 Å². The van der Waals surface area contributed by atoms with E-state index in [0.29, 0.717) is 16.0 Å². The van der Waals surface area contributed by atoms with Gasteiger partial charge in [-0.1, -0.05) is 11.6 Å². The summed E-state index contributed by atoms with van der Waals surface area (Å²) in [5.41, 5.74) is 0.403. The number of aliphatic imine (C=N–C) groups is 1. The molecule has 2 amide bonds. The molecule has 0 aliphatic carbocycles. The summed E-state index contributed by atoms with van der Waals surface area (Å²) in [5.74, 6) is -0.812. The van der Waals surface area contributed by atoms with E-state index in [1.165, 1.54) is 30.2 Å². The van der Waals surface area contributed by atoms with Crippen LogP contribution in [-0.4, -0.2) is 29.7 Å². The van der Waals surface area contributed by atoms with Gasteiger partial charge in [0.15, 0.2) is 5.43 Å². The van der Waals surface area contributed by atoms with Gasteiger partial charge in [0.1, 0.15) is 17.5 Å². The van der Waals surface area contributed by atoms with E-state index in [1.54, 1.807) is 19.2 Å². The number of amides is 2. The highest BCUT2D eigenvalue weighted by Crippen LogP contribution is 2.20. The van der Waals surface area contributed by atoms with Gasteiger partial charge in [-0.2, -0.15) is 4.99 Å². The van der Waals surface area contributed by atoms with E-state index in [2.05, 4.69) is 10.3 Å². The van der Waals surface area contributed by atoms with Crippen LogP contribution in [0.4, 0.5) is 0 Å². The number of nitrogens with zero attached hydrogens (tertiary/aromatic N) is 2. The Hall–Kier alpha value is -2.93. The maximum atomic E-state index is 12.5. The van der Waals surface area contributed by atoms with Gasteiger partial charge < -0.3 is 9.32 Å². The molecule has 0 fully saturated rings. The van der Waals surface area contributed by atoms with Crippen molar-refractivity contribution in [3.05, 3.63) is 51.0 Å². The molecule has 2 aromatic rings. The van der Waals surface area contributed by atoms with Crippen molar-refractivity contribution in [1.29, 1.82) is 0 Å². The van der Waals surface area contributed by atoms with Crippen LogP contribution < -0.4 is 10.7 Å². The maximum Gasteiger partial charge on any atom is 0.296 e. The van der Waals surface area contributed by atoms with Gasteiger partial charge >= 0.3 is 0 Å². The van der Waals surface area contributed by atoms with E-state index >= 15 is 0 Å². The van der Waals surface area contributed by atoms with E-state index in [9.17, 15) is 14.4 Å². The first kappa shape index (κ1) is 15.9. The van der Waals surface area contributed by atoms with E-state index in [4.69, 9.17) is 16.0 Å².